The number of benzene rings is 2. The van der Waals surface area contributed by atoms with Crippen molar-refractivity contribution in [3.63, 3.8) is 0 Å². The summed E-state index contributed by atoms with van der Waals surface area (Å²) in [6.07, 6.45) is 2.60. The van der Waals surface area contributed by atoms with E-state index in [-0.39, 0.29) is 24.2 Å². The average Bonchev–Trinajstić information content (AvgIpc) is 2.82. The van der Waals surface area contributed by atoms with Gasteiger partial charge in [-0.2, -0.15) is 0 Å². The van der Waals surface area contributed by atoms with E-state index in [1.807, 2.05) is 6.07 Å². The highest BCUT2D eigenvalue weighted by Gasteiger charge is 2.19. The summed E-state index contributed by atoms with van der Waals surface area (Å²) in [4.78, 5) is 23.6. The first-order valence-electron chi connectivity index (χ1n) is 8.79. The standard InChI is InChI=1S/C20H22N4O3/c21-19(22)13-6-8-15(9-7-13)24-20(27)14-5-4-12-2-1-3-16(11-18(25)26)23-17(12)10-14/h4-10,16,23H,1-3,11H2,(H3,21,22)(H,24,27)(H,25,26)/t16-/m1/s1. The predicted octanol–water partition coefficient (Wildman–Crippen LogP) is 2.81. The third-order valence-corrected chi connectivity index (χ3v) is 4.61. The van der Waals surface area contributed by atoms with E-state index < -0.39 is 5.97 Å². The molecule has 0 aromatic heterocycles. The van der Waals surface area contributed by atoms with Gasteiger partial charge in [0.1, 0.15) is 5.84 Å². The molecule has 1 atom stereocenters. The summed E-state index contributed by atoms with van der Waals surface area (Å²) in [5, 5.41) is 22.5. The van der Waals surface area contributed by atoms with E-state index in [1.54, 1.807) is 36.4 Å². The minimum absolute atomic E-state index is 0.0272. The number of amidine groups is 1. The maximum Gasteiger partial charge on any atom is 0.305 e. The lowest BCUT2D eigenvalue weighted by atomic mass is 10.0. The molecule has 1 aliphatic rings. The molecule has 0 radical (unpaired) electrons. The maximum atomic E-state index is 12.6. The maximum absolute atomic E-state index is 12.6. The molecule has 7 heteroatoms. The molecule has 0 saturated carbocycles. The number of nitrogen functional groups attached to an aromatic ring is 1. The highest BCUT2D eigenvalue weighted by molar-refractivity contribution is 6.05. The minimum atomic E-state index is -0.834. The lowest BCUT2D eigenvalue weighted by molar-refractivity contribution is -0.137. The Morgan fingerprint density at radius 3 is 2.56 bits per heavy atom. The number of anilines is 2. The molecule has 0 aliphatic carbocycles. The van der Waals surface area contributed by atoms with Crippen molar-refractivity contribution in [1.82, 2.24) is 0 Å². The lowest BCUT2D eigenvalue weighted by Crippen LogP contribution is -2.22. The number of carbonyl (C=O) groups excluding carboxylic acids is 1. The molecule has 7 nitrogen and oxygen atoms in total. The molecule has 140 valence electrons. The van der Waals surface area contributed by atoms with Crippen LogP contribution in [0.1, 0.15) is 40.7 Å². The average molecular weight is 366 g/mol. The van der Waals surface area contributed by atoms with E-state index in [0.29, 0.717) is 16.8 Å². The van der Waals surface area contributed by atoms with Crippen LogP contribution in [0, 0.1) is 5.41 Å². The zero-order valence-electron chi connectivity index (χ0n) is 14.8. The molecule has 1 aliphatic heterocycles. The van der Waals surface area contributed by atoms with Crippen LogP contribution in [-0.4, -0.2) is 28.9 Å². The van der Waals surface area contributed by atoms with E-state index in [0.717, 1.165) is 30.5 Å². The van der Waals surface area contributed by atoms with E-state index in [4.69, 9.17) is 16.2 Å². The Morgan fingerprint density at radius 2 is 1.89 bits per heavy atom. The molecule has 3 rings (SSSR count). The minimum Gasteiger partial charge on any atom is -0.481 e. The predicted molar refractivity (Wildman–Crippen MR) is 104 cm³/mol. The van der Waals surface area contributed by atoms with Gasteiger partial charge in [-0.05, 0) is 61.2 Å². The van der Waals surface area contributed by atoms with Crippen LogP contribution < -0.4 is 16.4 Å². The summed E-state index contributed by atoms with van der Waals surface area (Å²) in [6, 6.07) is 12.1. The van der Waals surface area contributed by atoms with Crippen LogP contribution >= 0.6 is 0 Å². The van der Waals surface area contributed by atoms with Crippen LogP contribution in [0.5, 0.6) is 0 Å². The molecule has 6 N–H and O–H groups in total. The highest BCUT2D eigenvalue weighted by atomic mass is 16.4. The number of carboxylic acids is 1. The summed E-state index contributed by atoms with van der Waals surface area (Å²) >= 11 is 0. The van der Waals surface area contributed by atoms with Gasteiger partial charge in [-0.3, -0.25) is 15.0 Å². The fourth-order valence-electron chi connectivity index (χ4n) is 3.20. The normalized spacial score (nSPS) is 15.8. The summed E-state index contributed by atoms with van der Waals surface area (Å²) < 4.78 is 0. The first kappa shape index (κ1) is 18.4. The second-order valence-corrected chi connectivity index (χ2v) is 6.65. The molecule has 0 unspecified atom stereocenters. The van der Waals surface area contributed by atoms with Gasteiger partial charge in [-0.25, -0.2) is 0 Å². The van der Waals surface area contributed by atoms with Gasteiger partial charge in [0.05, 0.1) is 6.42 Å². The van der Waals surface area contributed by atoms with Crippen molar-refractivity contribution < 1.29 is 14.7 Å². The van der Waals surface area contributed by atoms with Gasteiger partial charge in [0, 0.05) is 28.5 Å². The van der Waals surface area contributed by atoms with E-state index in [2.05, 4.69) is 10.6 Å². The van der Waals surface area contributed by atoms with Gasteiger partial charge in [0.25, 0.3) is 5.91 Å². The van der Waals surface area contributed by atoms with E-state index in [9.17, 15) is 9.59 Å². The largest absolute Gasteiger partial charge is 0.481 e. The number of rotatable bonds is 5. The molecule has 1 amide bonds. The molecule has 0 spiro atoms. The van der Waals surface area contributed by atoms with Crippen molar-refractivity contribution in [1.29, 1.82) is 5.41 Å². The topological polar surface area (TPSA) is 128 Å². The van der Waals surface area contributed by atoms with Gasteiger partial charge in [0.2, 0.25) is 0 Å². The van der Waals surface area contributed by atoms with Crippen molar-refractivity contribution in [2.75, 3.05) is 10.6 Å². The number of amides is 1. The first-order chi connectivity index (χ1) is 12.9. The number of nitrogens with two attached hydrogens (primary N) is 1. The second kappa shape index (κ2) is 7.90. The van der Waals surface area contributed by atoms with Crippen molar-refractivity contribution in [2.45, 2.75) is 31.7 Å². The Balaban J connectivity index is 1.75. The smallest absolute Gasteiger partial charge is 0.305 e. The lowest BCUT2D eigenvalue weighted by Gasteiger charge is -2.17. The number of nitrogens with one attached hydrogen (secondary N) is 3. The zero-order valence-corrected chi connectivity index (χ0v) is 14.8. The highest BCUT2D eigenvalue weighted by Crippen LogP contribution is 2.27. The Hall–Kier alpha value is -3.35. The number of aliphatic carboxylic acids is 1. The van der Waals surface area contributed by atoms with E-state index >= 15 is 0 Å². The van der Waals surface area contributed by atoms with E-state index in [1.165, 1.54) is 0 Å². The Morgan fingerprint density at radius 1 is 1.19 bits per heavy atom. The van der Waals surface area contributed by atoms with Crippen LogP contribution in [0.2, 0.25) is 0 Å². The van der Waals surface area contributed by atoms with Gasteiger partial charge < -0.3 is 21.5 Å². The Labute approximate surface area is 157 Å². The van der Waals surface area contributed by atoms with Crippen molar-refractivity contribution in [3.8, 4) is 0 Å². The molecule has 0 fully saturated rings. The molecule has 0 saturated heterocycles. The van der Waals surface area contributed by atoms with Crippen LogP contribution in [0.3, 0.4) is 0 Å². The first-order valence-corrected chi connectivity index (χ1v) is 8.79. The fraction of sp³-hybridized carbons (Fsp3) is 0.250. The van der Waals surface area contributed by atoms with Crippen molar-refractivity contribution >= 4 is 29.1 Å². The number of aryl methyl sites for hydroxylation is 1. The summed E-state index contributed by atoms with van der Waals surface area (Å²) in [7, 11) is 0. The molecule has 0 bridgehead atoms. The van der Waals surface area contributed by atoms with Crippen LogP contribution in [-0.2, 0) is 11.2 Å². The van der Waals surface area contributed by atoms with Gasteiger partial charge in [0.15, 0.2) is 0 Å². The monoisotopic (exact) mass is 366 g/mol. The summed E-state index contributed by atoms with van der Waals surface area (Å²) in [5.74, 6) is -1.12. The molecular weight excluding hydrogens is 344 g/mol. The zero-order chi connectivity index (χ0) is 19.4. The third-order valence-electron chi connectivity index (χ3n) is 4.61. The van der Waals surface area contributed by atoms with Gasteiger partial charge in [-0.1, -0.05) is 6.07 Å². The SMILES string of the molecule is N=C(N)c1ccc(NC(=O)c2ccc3c(c2)N[C@@H](CC(=O)O)CCC3)cc1. The quantitative estimate of drug-likeness (QED) is 0.410. The Bertz CT molecular complexity index is 877. The fourth-order valence-corrected chi connectivity index (χ4v) is 3.20. The van der Waals surface area contributed by atoms with Crippen molar-refractivity contribution in [3.05, 3.63) is 59.2 Å². The van der Waals surface area contributed by atoms with Crippen LogP contribution in [0.4, 0.5) is 11.4 Å². The molecule has 27 heavy (non-hydrogen) atoms. The Kier molecular flexibility index (Phi) is 5.40. The van der Waals surface area contributed by atoms with Crippen LogP contribution in [0.25, 0.3) is 0 Å². The molecule has 1 heterocycles. The molecule has 2 aromatic carbocycles. The number of carbonyl (C=O) groups is 2. The summed E-state index contributed by atoms with van der Waals surface area (Å²) in [5.41, 5.74) is 9.02. The van der Waals surface area contributed by atoms with Gasteiger partial charge >= 0.3 is 5.97 Å². The van der Waals surface area contributed by atoms with Crippen LogP contribution in [0.15, 0.2) is 42.5 Å². The third kappa shape index (κ3) is 4.63. The number of fused-ring (bicyclic) bond motifs is 1. The number of carboxylic acid groups (broad SMARTS) is 1. The van der Waals surface area contributed by atoms with Crippen molar-refractivity contribution in [2.24, 2.45) is 5.73 Å². The molecule has 2 aromatic rings. The second-order valence-electron chi connectivity index (χ2n) is 6.65. The number of hydrogen-bond donors (Lipinski definition) is 5. The number of hydrogen-bond acceptors (Lipinski definition) is 4. The molecular formula is C20H22N4O3. The van der Waals surface area contributed by atoms with Gasteiger partial charge in [-0.15, -0.1) is 0 Å². The summed E-state index contributed by atoms with van der Waals surface area (Å²) in [6.45, 7) is 0.